The summed E-state index contributed by atoms with van der Waals surface area (Å²) in [5.41, 5.74) is -0.686. The Hall–Kier alpha value is -3.21. The van der Waals surface area contributed by atoms with Gasteiger partial charge in [-0.1, -0.05) is 25.5 Å². The van der Waals surface area contributed by atoms with Gasteiger partial charge in [-0.15, -0.1) is 0 Å². The van der Waals surface area contributed by atoms with Crippen molar-refractivity contribution in [3.63, 3.8) is 0 Å². The van der Waals surface area contributed by atoms with Crippen LogP contribution >= 0.6 is 0 Å². The van der Waals surface area contributed by atoms with Crippen LogP contribution in [0.5, 0.6) is 11.5 Å². The maximum Gasteiger partial charge on any atom is 0.417 e. The third-order valence-electron chi connectivity index (χ3n) is 4.19. The fourth-order valence-corrected chi connectivity index (χ4v) is 2.71. The van der Waals surface area contributed by atoms with Gasteiger partial charge in [0, 0.05) is 6.54 Å². The van der Waals surface area contributed by atoms with E-state index in [0.29, 0.717) is 25.8 Å². The normalized spacial score (nSPS) is 12.1. The number of ether oxygens (including phenoxy) is 1. The molecule has 0 heterocycles. The van der Waals surface area contributed by atoms with Crippen LogP contribution in [0.1, 0.15) is 36.5 Å². The lowest BCUT2D eigenvalue weighted by atomic mass is 10.1. The van der Waals surface area contributed by atoms with E-state index < -0.39 is 29.3 Å². The summed E-state index contributed by atoms with van der Waals surface area (Å²) in [5.74, 6) is -0.401. The zero-order chi connectivity index (χ0) is 21.4. The van der Waals surface area contributed by atoms with Crippen molar-refractivity contribution in [1.29, 1.82) is 5.26 Å². The van der Waals surface area contributed by atoms with Gasteiger partial charge in [-0.05, 0) is 48.7 Å². The Balaban J connectivity index is 2.04. The highest BCUT2D eigenvalue weighted by atomic mass is 19.4. The molecule has 1 atom stereocenters. The number of benzene rings is 2. The average Bonchev–Trinajstić information content (AvgIpc) is 2.68. The molecule has 0 saturated heterocycles. The predicted octanol–water partition coefficient (Wildman–Crippen LogP) is 4.19. The van der Waals surface area contributed by atoms with E-state index in [4.69, 9.17) is 10.00 Å². The van der Waals surface area contributed by atoms with Gasteiger partial charge in [-0.25, -0.2) is 0 Å². The van der Waals surface area contributed by atoms with Gasteiger partial charge < -0.3 is 15.2 Å². The van der Waals surface area contributed by atoms with Gasteiger partial charge in [-0.2, -0.15) is 18.4 Å². The Morgan fingerprint density at radius 3 is 2.52 bits per heavy atom. The van der Waals surface area contributed by atoms with Crippen LogP contribution in [0.4, 0.5) is 13.2 Å². The van der Waals surface area contributed by atoms with Crippen LogP contribution < -0.4 is 10.1 Å². The average molecular weight is 406 g/mol. The predicted molar refractivity (Wildman–Crippen MR) is 100 cm³/mol. The first-order valence-electron chi connectivity index (χ1n) is 9.08. The molecule has 29 heavy (non-hydrogen) atoms. The fraction of sp³-hybridized carbons (Fsp3) is 0.333. The van der Waals surface area contributed by atoms with Crippen LogP contribution in [0, 0.1) is 11.3 Å². The van der Waals surface area contributed by atoms with Gasteiger partial charge in [0.2, 0.25) is 0 Å². The number of hydrogen-bond donors (Lipinski definition) is 2. The van der Waals surface area contributed by atoms with Crippen molar-refractivity contribution in [3.05, 3.63) is 59.2 Å². The lowest BCUT2D eigenvalue weighted by molar-refractivity contribution is -0.137. The SMILES string of the molecule is CCCC(Oc1ccc(C#N)c(C(F)(F)F)c1)C(=O)NCCc1ccc(O)cc1. The summed E-state index contributed by atoms with van der Waals surface area (Å²) in [7, 11) is 0. The number of alkyl halides is 3. The third-order valence-corrected chi connectivity index (χ3v) is 4.19. The first-order valence-corrected chi connectivity index (χ1v) is 9.08. The highest BCUT2D eigenvalue weighted by Crippen LogP contribution is 2.34. The molecule has 0 saturated carbocycles. The molecule has 0 aliphatic rings. The Labute approximate surface area is 166 Å². The van der Waals surface area contributed by atoms with Crippen molar-refractivity contribution < 1.29 is 27.8 Å². The van der Waals surface area contributed by atoms with Crippen molar-refractivity contribution in [2.75, 3.05) is 6.54 Å². The number of aromatic hydroxyl groups is 1. The summed E-state index contributed by atoms with van der Waals surface area (Å²) in [6, 6.07) is 11.1. The second-order valence-corrected chi connectivity index (χ2v) is 6.42. The monoisotopic (exact) mass is 406 g/mol. The van der Waals surface area contributed by atoms with E-state index in [1.807, 2.05) is 6.92 Å². The molecule has 2 rings (SSSR count). The molecule has 154 valence electrons. The molecule has 0 bridgehead atoms. The number of phenols is 1. The van der Waals surface area contributed by atoms with Crippen LogP contribution in [0.25, 0.3) is 0 Å². The fourth-order valence-electron chi connectivity index (χ4n) is 2.71. The van der Waals surface area contributed by atoms with E-state index in [0.717, 1.165) is 17.7 Å². The number of nitrogens with zero attached hydrogens (tertiary/aromatic N) is 1. The summed E-state index contributed by atoms with van der Waals surface area (Å²) < 4.78 is 44.8. The van der Waals surface area contributed by atoms with Crippen LogP contribution in [-0.2, 0) is 17.4 Å². The van der Waals surface area contributed by atoms with Gasteiger partial charge in [0.15, 0.2) is 6.10 Å². The Bertz CT molecular complexity index is 874. The van der Waals surface area contributed by atoms with Gasteiger partial charge in [0.25, 0.3) is 5.91 Å². The summed E-state index contributed by atoms with van der Waals surface area (Å²) in [6.45, 7) is 2.15. The molecule has 2 aromatic rings. The zero-order valence-electron chi connectivity index (χ0n) is 15.8. The standard InChI is InChI=1S/C21H21F3N2O3/c1-2-3-19(20(28)26-11-10-14-4-7-16(27)8-5-14)29-17-9-6-15(13-25)18(12-17)21(22,23)24/h4-9,12,19,27H,2-3,10-11H2,1H3,(H,26,28). The molecule has 5 nitrogen and oxygen atoms in total. The molecule has 1 amide bonds. The smallest absolute Gasteiger partial charge is 0.417 e. The van der Waals surface area contributed by atoms with Crippen molar-refractivity contribution in [2.24, 2.45) is 0 Å². The van der Waals surface area contributed by atoms with Crippen LogP contribution in [0.15, 0.2) is 42.5 Å². The number of carbonyl (C=O) groups excluding carboxylic acids is 1. The van der Waals surface area contributed by atoms with E-state index in [2.05, 4.69) is 5.32 Å². The minimum atomic E-state index is -4.70. The Morgan fingerprint density at radius 1 is 1.24 bits per heavy atom. The molecule has 8 heteroatoms. The molecule has 0 aliphatic heterocycles. The molecule has 0 aromatic heterocycles. The number of halogens is 3. The highest BCUT2D eigenvalue weighted by Gasteiger charge is 2.34. The van der Waals surface area contributed by atoms with E-state index in [9.17, 15) is 23.1 Å². The molecule has 0 fully saturated rings. The number of nitrogens with one attached hydrogen (secondary N) is 1. The quantitative estimate of drug-likeness (QED) is 0.689. The van der Waals surface area contributed by atoms with Crippen molar-refractivity contribution in [3.8, 4) is 17.6 Å². The minimum absolute atomic E-state index is 0.122. The lowest BCUT2D eigenvalue weighted by Gasteiger charge is -2.19. The van der Waals surface area contributed by atoms with Crippen molar-refractivity contribution in [1.82, 2.24) is 5.32 Å². The summed E-state index contributed by atoms with van der Waals surface area (Å²) in [5, 5.41) is 20.9. The number of phenolic OH excluding ortho intramolecular Hbond substituents is 1. The van der Waals surface area contributed by atoms with Gasteiger partial charge in [0.1, 0.15) is 11.5 Å². The second kappa shape index (κ2) is 9.82. The summed E-state index contributed by atoms with van der Waals surface area (Å²) in [6.07, 6.45) is -4.20. The van der Waals surface area contributed by atoms with Crippen LogP contribution in [-0.4, -0.2) is 23.7 Å². The van der Waals surface area contributed by atoms with Crippen molar-refractivity contribution >= 4 is 5.91 Å². The third kappa shape index (κ3) is 6.42. The Morgan fingerprint density at radius 2 is 1.93 bits per heavy atom. The molecule has 1 unspecified atom stereocenters. The van der Waals surface area contributed by atoms with Gasteiger partial charge in [-0.3, -0.25) is 4.79 Å². The van der Waals surface area contributed by atoms with Gasteiger partial charge >= 0.3 is 6.18 Å². The topological polar surface area (TPSA) is 82.3 Å². The number of nitriles is 1. The van der Waals surface area contributed by atoms with Crippen molar-refractivity contribution in [2.45, 2.75) is 38.5 Å². The van der Waals surface area contributed by atoms with E-state index in [-0.39, 0.29) is 11.5 Å². The zero-order valence-corrected chi connectivity index (χ0v) is 15.8. The number of amides is 1. The van der Waals surface area contributed by atoms with E-state index in [1.165, 1.54) is 12.1 Å². The summed E-state index contributed by atoms with van der Waals surface area (Å²) >= 11 is 0. The molecule has 0 aliphatic carbocycles. The molecule has 2 aromatic carbocycles. The van der Waals surface area contributed by atoms with Gasteiger partial charge in [0.05, 0.1) is 17.2 Å². The lowest BCUT2D eigenvalue weighted by Crippen LogP contribution is -2.39. The number of hydrogen-bond acceptors (Lipinski definition) is 4. The van der Waals surface area contributed by atoms with E-state index in [1.54, 1.807) is 24.3 Å². The maximum atomic E-state index is 13.1. The van der Waals surface area contributed by atoms with E-state index >= 15 is 0 Å². The number of rotatable bonds is 8. The molecule has 0 radical (unpaired) electrons. The van der Waals surface area contributed by atoms with Crippen LogP contribution in [0.2, 0.25) is 0 Å². The van der Waals surface area contributed by atoms with Crippen LogP contribution in [0.3, 0.4) is 0 Å². The second-order valence-electron chi connectivity index (χ2n) is 6.42. The molecular formula is C21H21F3N2O3. The highest BCUT2D eigenvalue weighted by molar-refractivity contribution is 5.81. The Kier molecular flexibility index (Phi) is 7.48. The minimum Gasteiger partial charge on any atom is -0.508 e. The maximum absolute atomic E-state index is 13.1. The first-order chi connectivity index (χ1) is 13.7. The molecule has 0 spiro atoms. The first kappa shape index (κ1) is 22.1. The summed E-state index contributed by atoms with van der Waals surface area (Å²) in [4.78, 5) is 12.4. The molecular weight excluding hydrogens is 385 g/mol. The largest absolute Gasteiger partial charge is 0.508 e. The number of carbonyl (C=O) groups is 1. The molecule has 2 N–H and O–H groups in total.